The summed E-state index contributed by atoms with van der Waals surface area (Å²) in [5.41, 5.74) is 0. The van der Waals surface area contributed by atoms with Crippen molar-refractivity contribution in [1.82, 2.24) is 0 Å². The maximum Gasteiger partial charge on any atom is 0.177 e. The molecule has 1 nitrogen and oxygen atoms in total. The van der Waals surface area contributed by atoms with Crippen LogP contribution < -0.4 is 0 Å². The minimum atomic E-state index is 0.241. The summed E-state index contributed by atoms with van der Waals surface area (Å²) in [7, 11) is 0. The summed E-state index contributed by atoms with van der Waals surface area (Å²) in [6.45, 7) is 0. The van der Waals surface area contributed by atoms with Crippen LogP contribution in [0.5, 0.6) is 0 Å². The third-order valence-electron chi connectivity index (χ3n) is 1.79. The standard InChI is InChI=1S/C8H7ClOS/c9-6-3-4-11-8(6)7(10)5-1-2-5/h3-5H,1-2H2. The van der Waals surface area contributed by atoms with Crippen LogP contribution in [0.1, 0.15) is 22.5 Å². The molecule has 0 N–H and O–H groups in total. The smallest absolute Gasteiger partial charge is 0.177 e. The Hall–Kier alpha value is -0.340. The fourth-order valence-corrected chi connectivity index (χ4v) is 2.17. The summed E-state index contributed by atoms with van der Waals surface area (Å²) >= 11 is 7.24. The molecule has 0 saturated heterocycles. The molecule has 1 aliphatic rings. The van der Waals surface area contributed by atoms with E-state index in [1.54, 1.807) is 6.07 Å². The molecule has 0 radical (unpaired) electrons. The van der Waals surface area contributed by atoms with E-state index in [1.165, 1.54) is 11.3 Å². The summed E-state index contributed by atoms with van der Waals surface area (Å²) in [5.74, 6) is 0.524. The van der Waals surface area contributed by atoms with Crippen LogP contribution in [0.25, 0.3) is 0 Å². The molecule has 1 aliphatic carbocycles. The molecule has 1 fully saturated rings. The second-order valence-electron chi connectivity index (χ2n) is 2.74. The Morgan fingerprint density at radius 3 is 2.82 bits per heavy atom. The quantitative estimate of drug-likeness (QED) is 0.649. The van der Waals surface area contributed by atoms with Gasteiger partial charge in [0, 0.05) is 5.92 Å². The largest absolute Gasteiger partial charge is 0.293 e. The number of hydrogen-bond donors (Lipinski definition) is 0. The summed E-state index contributed by atoms with van der Waals surface area (Å²) in [5, 5.41) is 2.48. The first kappa shape index (κ1) is 7.32. The molecular formula is C8H7ClOS. The predicted molar refractivity (Wildman–Crippen MR) is 46.4 cm³/mol. The molecule has 0 spiro atoms. The maximum atomic E-state index is 11.4. The molecular weight excluding hydrogens is 180 g/mol. The predicted octanol–water partition coefficient (Wildman–Crippen LogP) is 2.99. The second-order valence-corrected chi connectivity index (χ2v) is 4.06. The Morgan fingerprint density at radius 1 is 1.64 bits per heavy atom. The van der Waals surface area contributed by atoms with Gasteiger partial charge in [0.2, 0.25) is 0 Å². The molecule has 0 aromatic carbocycles. The molecule has 1 aromatic heterocycles. The van der Waals surface area contributed by atoms with Crippen molar-refractivity contribution < 1.29 is 4.79 Å². The average Bonchev–Trinajstić information content (AvgIpc) is 2.74. The van der Waals surface area contributed by atoms with E-state index >= 15 is 0 Å². The fraction of sp³-hybridized carbons (Fsp3) is 0.375. The van der Waals surface area contributed by atoms with E-state index < -0.39 is 0 Å². The van der Waals surface area contributed by atoms with Gasteiger partial charge in [0.15, 0.2) is 5.78 Å². The maximum absolute atomic E-state index is 11.4. The molecule has 0 atom stereocenters. The first-order chi connectivity index (χ1) is 5.29. The molecule has 3 heteroatoms. The minimum absolute atomic E-state index is 0.241. The SMILES string of the molecule is O=C(c1sccc1Cl)C1CC1. The molecule has 0 unspecified atom stereocenters. The van der Waals surface area contributed by atoms with Crippen molar-refractivity contribution in [3.8, 4) is 0 Å². The van der Waals surface area contributed by atoms with Crippen molar-refractivity contribution in [2.45, 2.75) is 12.8 Å². The summed E-state index contributed by atoms with van der Waals surface area (Å²) in [4.78, 5) is 12.2. The third kappa shape index (κ3) is 1.33. The highest BCUT2D eigenvalue weighted by Gasteiger charge is 2.32. The van der Waals surface area contributed by atoms with E-state index in [0.717, 1.165) is 17.7 Å². The summed E-state index contributed by atoms with van der Waals surface area (Å²) in [6, 6.07) is 1.78. The minimum Gasteiger partial charge on any atom is -0.293 e. The van der Waals surface area contributed by atoms with Gasteiger partial charge >= 0.3 is 0 Å². The van der Waals surface area contributed by atoms with Gasteiger partial charge in [-0.1, -0.05) is 11.6 Å². The highest BCUT2D eigenvalue weighted by molar-refractivity contribution is 7.12. The van der Waals surface area contributed by atoms with Crippen molar-refractivity contribution in [1.29, 1.82) is 0 Å². The Morgan fingerprint density at radius 2 is 2.36 bits per heavy atom. The lowest BCUT2D eigenvalue weighted by molar-refractivity contribution is 0.0972. The Labute approximate surface area is 74.0 Å². The lowest BCUT2D eigenvalue weighted by atomic mass is 10.2. The van der Waals surface area contributed by atoms with Gasteiger partial charge in [-0.05, 0) is 24.3 Å². The van der Waals surface area contributed by atoms with Crippen molar-refractivity contribution in [3.05, 3.63) is 21.3 Å². The van der Waals surface area contributed by atoms with Gasteiger partial charge in [0.1, 0.15) is 0 Å². The molecule has 0 bridgehead atoms. The van der Waals surface area contributed by atoms with Crippen LogP contribution in [-0.2, 0) is 0 Å². The number of Topliss-reactive ketones (excluding diaryl/α,β-unsaturated/α-hetero) is 1. The third-order valence-corrected chi connectivity index (χ3v) is 3.15. The fourth-order valence-electron chi connectivity index (χ4n) is 1.00. The van der Waals surface area contributed by atoms with Gasteiger partial charge in [-0.15, -0.1) is 11.3 Å². The molecule has 1 aromatic rings. The Balaban J connectivity index is 2.27. The molecule has 2 rings (SSSR count). The van der Waals surface area contributed by atoms with Crippen LogP contribution in [0.3, 0.4) is 0 Å². The van der Waals surface area contributed by atoms with Gasteiger partial charge < -0.3 is 0 Å². The van der Waals surface area contributed by atoms with Crippen molar-refractivity contribution in [2.75, 3.05) is 0 Å². The van der Waals surface area contributed by atoms with Crippen LogP contribution in [0.15, 0.2) is 11.4 Å². The van der Waals surface area contributed by atoms with E-state index in [-0.39, 0.29) is 11.7 Å². The first-order valence-electron chi connectivity index (χ1n) is 3.56. The zero-order chi connectivity index (χ0) is 7.84. The van der Waals surface area contributed by atoms with Crippen molar-refractivity contribution in [2.24, 2.45) is 5.92 Å². The van der Waals surface area contributed by atoms with Gasteiger partial charge in [-0.3, -0.25) is 4.79 Å². The number of carbonyl (C=O) groups excluding carboxylic acids is 1. The highest BCUT2D eigenvalue weighted by atomic mass is 35.5. The van der Waals surface area contributed by atoms with E-state index in [9.17, 15) is 4.79 Å². The molecule has 58 valence electrons. The lowest BCUT2D eigenvalue weighted by Crippen LogP contribution is -1.97. The van der Waals surface area contributed by atoms with E-state index in [1.807, 2.05) is 5.38 Å². The Kier molecular flexibility index (Phi) is 1.74. The zero-order valence-corrected chi connectivity index (χ0v) is 7.41. The van der Waals surface area contributed by atoms with Crippen LogP contribution >= 0.6 is 22.9 Å². The van der Waals surface area contributed by atoms with Gasteiger partial charge in [-0.25, -0.2) is 0 Å². The number of carbonyl (C=O) groups is 1. The molecule has 0 aliphatic heterocycles. The van der Waals surface area contributed by atoms with Crippen LogP contribution in [-0.4, -0.2) is 5.78 Å². The van der Waals surface area contributed by atoms with Crippen molar-refractivity contribution >= 4 is 28.7 Å². The zero-order valence-electron chi connectivity index (χ0n) is 5.84. The van der Waals surface area contributed by atoms with Crippen LogP contribution in [0, 0.1) is 5.92 Å². The number of rotatable bonds is 2. The normalized spacial score (nSPS) is 16.8. The van der Waals surface area contributed by atoms with Gasteiger partial charge in [-0.2, -0.15) is 0 Å². The van der Waals surface area contributed by atoms with Crippen molar-refractivity contribution in [3.63, 3.8) is 0 Å². The molecule has 1 heterocycles. The highest BCUT2D eigenvalue weighted by Crippen LogP contribution is 2.36. The number of halogens is 1. The van der Waals surface area contributed by atoms with Crippen LogP contribution in [0.4, 0.5) is 0 Å². The summed E-state index contributed by atoms with van der Waals surface area (Å²) < 4.78 is 0. The van der Waals surface area contributed by atoms with Crippen LogP contribution in [0.2, 0.25) is 5.02 Å². The number of ketones is 1. The van der Waals surface area contributed by atoms with Gasteiger partial charge in [0.05, 0.1) is 9.90 Å². The number of hydrogen-bond acceptors (Lipinski definition) is 2. The van der Waals surface area contributed by atoms with Gasteiger partial charge in [0.25, 0.3) is 0 Å². The molecule has 11 heavy (non-hydrogen) atoms. The van der Waals surface area contributed by atoms with E-state index in [4.69, 9.17) is 11.6 Å². The van der Waals surface area contributed by atoms with E-state index in [2.05, 4.69) is 0 Å². The second kappa shape index (κ2) is 2.61. The number of thiophene rings is 1. The first-order valence-corrected chi connectivity index (χ1v) is 4.82. The molecule has 1 saturated carbocycles. The monoisotopic (exact) mass is 186 g/mol. The lowest BCUT2D eigenvalue weighted by Gasteiger charge is -1.92. The summed E-state index contributed by atoms with van der Waals surface area (Å²) in [6.07, 6.45) is 2.10. The average molecular weight is 187 g/mol. The van der Waals surface area contributed by atoms with E-state index in [0.29, 0.717) is 5.02 Å². The topological polar surface area (TPSA) is 17.1 Å². The molecule has 0 amide bonds. The Bertz CT molecular complexity index is 288.